The second-order valence-corrected chi connectivity index (χ2v) is 6.60. The van der Waals surface area contributed by atoms with Crippen LogP contribution in [0.4, 0.5) is 0 Å². The van der Waals surface area contributed by atoms with E-state index >= 15 is 0 Å². The van der Waals surface area contributed by atoms with Crippen LogP contribution in [0.15, 0.2) is 57.7 Å². The number of carbonyl (C=O) groups is 2. The Balaban J connectivity index is 1.37. The summed E-state index contributed by atoms with van der Waals surface area (Å²) in [6, 6.07) is 13.8. The summed E-state index contributed by atoms with van der Waals surface area (Å²) in [4.78, 5) is 35.8. The number of hydrogen-bond donors (Lipinski definition) is 0. The number of esters is 1. The maximum atomic E-state index is 12.1. The summed E-state index contributed by atoms with van der Waals surface area (Å²) in [5, 5.41) is 0.899. The molecule has 4 rings (SSSR count). The lowest BCUT2D eigenvalue weighted by atomic mass is 10.1. The lowest BCUT2D eigenvalue weighted by Crippen LogP contribution is -2.19. The molecule has 0 N–H and O–H groups in total. The molecule has 0 saturated carbocycles. The van der Waals surface area contributed by atoms with Crippen molar-refractivity contribution < 1.29 is 23.5 Å². The Labute approximate surface area is 160 Å². The minimum atomic E-state index is -0.653. The minimum Gasteiger partial charge on any atom is -0.482 e. The smallest absolute Gasteiger partial charge is 0.344 e. The van der Waals surface area contributed by atoms with Crippen molar-refractivity contribution in [3.8, 4) is 5.75 Å². The van der Waals surface area contributed by atoms with E-state index in [0.29, 0.717) is 16.9 Å². The van der Waals surface area contributed by atoms with Gasteiger partial charge in [-0.3, -0.25) is 4.79 Å². The Bertz CT molecular complexity index is 1100. The van der Waals surface area contributed by atoms with Crippen molar-refractivity contribution in [1.29, 1.82) is 0 Å². The molecule has 1 aliphatic carbocycles. The minimum absolute atomic E-state index is 0.282. The molecule has 1 aromatic heterocycles. The predicted molar refractivity (Wildman–Crippen MR) is 102 cm³/mol. The number of Topliss-reactive ketones (excluding diaryl/α,β-unsaturated/α-hetero) is 1. The largest absolute Gasteiger partial charge is 0.482 e. The van der Waals surface area contributed by atoms with Crippen LogP contribution < -0.4 is 10.4 Å². The van der Waals surface area contributed by atoms with Crippen molar-refractivity contribution in [2.24, 2.45) is 0 Å². The van der Waals surface area contributed by atoms with Crippen molar-refractivity contribution in [1.82, 2.24) is 0 Å². The summed E-state index contributed by atoms with van der Waals surface area (Å²) in [7, 11) is 0. The molecule has 1 heterocycles. The van der Waals surface area contributed by atoms with Gasteiger partial charge < -0.3 is 13.9 Å². The number of hydrogen-bond acceptors (Lipinski definition) is 6. The average Bonchev–Trinajstić information content (AvgIpc) is 3.22. The average molecular weight is 378 g/mol. The van der Waals surface area contributed by atoms with Gasteiger partial charge in [-0.25, -0.2) is 9.59 Å². The van der Waals surface area contributed by atoms with Crippen LogP contribution in [0.25, 0.3) is 11.0 Å². The van der Waals surface area contributed by atoms with Gasteiger partial charge in [0.2, 0.25) is 0 Å². The zero-order valence-corrected chi connectivity index (χ0v) is 15.1. The van der Waals surface area contributed by atoms with Gasteiger partial charge in [-0.05, 0) is 37.0 Å². The van der Waals surface area contributed by atoms with E-state index in [-0.39, 0.29) is 24.6 Å². The van der Waals surface area contributed by atoms with Crippen molar-refractivity contribution in [2.45, 2.75) is 19.3 Å². The van der Waals surface area contributed by atoms with Gasteiger partial charge in [0, 0.05) is 22.6 Å². The van der Waals surface area contributed by atoms with Crippen LogP contribution in [0.2, 0.25) is 0 Å². The molecule has 0 spiro atoms. The molecular weight excluding hydrogens is 360 g/mol. The second kappa shape index (κ2) is 7.68. The fourth-order valence-electron chi connectivity index (χ4n) is 3.39. The number of rotatable bonds is 6. The first-order chi connectivity index (χ1) is 13.6. The van der Waals surface area contributed by atoms with Gasteiger partial charge in [-0.2, -0.15) is 0 Å². The molecule has 6 heteroatoms. The summed E-state index contributed by atoms with van der Waals surface area (Å²) >= 11 is 0. The molecular formula is C22H18O6. The molecule has 0 radical (unpaired) electrons. The first-order valence-electron chi connectivity index (χ1n) is 9.07. The SMILES string of the molecule is O=C(COc1ccc2c3c(c(=O)oc2c1)CCC3)OCC(=O)c1ccccc1. The third-order valence-electron chi connectivity index (χ3n) is 4.76. The van der Waals surface area contributed by atoms with Crippen LogP contribution in [-0.2, 0) is 22.4 Å². The Hall–Kier alpha value is -3.41. The molecule has 3 aromatic rings. The van der Waals surface area contributed by atoms with Crippen LogP contribution >= 0.6 is 0 Å². The van der Waals surface area contributed by atoms with Crippen LogP contribution in [-0.4, -0.2) is 25.0 Å². The Kier molecular flexibility index (Phi) is 4.93. The highest BCUT2D eigenvalue weighted by Crippen LogP contribution is 2.29. The summed E-state index contributed by atoms with van der Waals surface area (Å²) in [6.45, 7) is -0.687. The molecule has 1 aliphatic rings. The topological polar surface area (TPSA) is 82.8 Å². The van der Waals surface area contributed by atoms with Crippen molar-refractivity contribution in [2.75, 3.05) is 13.2 Å². The highest BCUT2D eigenvalue weighted by atomic mass is 16.6. The van der Waals surface area contributed by atoms with E-state index in [2.05, 4.69) is 0 Å². The first kappa shape index (κ1) is 18.0. The molecule has 0 fully saturated rings. The predicted octanol–water partition coefficient (Wildman–Crippen LogP) is 3.09. The van der Waals surface area contributed by atoms with E-state index in [9.17, 15) is 14.4 Å². The summed E-state index contributed by atoms with van der Waals surface area (Å²) in [5.74, 6) is -0.546. The molecule has 0 saturated heterocycles. The van der Waals surface area contributed by atoms with Crippen LogP contribution in [0.1, 0.15) is 27.9 Å². The maximum Gasteiger partial charge on any atom is 0.344 e. The molecule has 6 nitrogen and oxygen atoms in total. The Morgan fingerprint density at radius 1 is 0.964 bits per heavy atom. The molecule has 0 amide bonds. The van der Waals surface area contributed by atoms with Gasteiger partial charge >= 0.3 is 11.6 Å². The lowest BCUT2D eigenvalue weighted by molar-refractivity contribution is -0.144. The van der Waals surface area contributed by atoms with Gasteiger partial charge in [0.1, 0.15) is 11.3 Å². The van der Waals surface area contributed by atoms with E-state index in [1.165, 1.54) is 0 Å². The molecule has 28 heavy (non-hydrogen) atoms. The zero-order valence-electron chi connectivity index (χ0n) is 15.1. The maximum absolute atomic E-state index is 12.1. The molecule has 0 bridgehead atoms. The van der Waals surface area contributed by atoms with Crippen LogP contribution in [0.5, 0.6) is 5.75 Å². The van der Waals surface area contributed by atoms with Crippen molar-refractivity contribution in [3.63, 3.8) is 0 Å². The fourth-order valence-corrected chi connectivity index (χ4v) is 3.39. The quantitative estimate of drug-likeness (QED) is 0.372. The summed E-state index contributed by atoms with van der Waals surface area (Å²) < 4.78 is 15.8. The number of carbonyl (C=O) groups excluding carboxylic acids is 2. The highest BCUT2D eigenvalue weighted by molar-refractivity contribution is 5.97. The molecule has 142 valence electrons. The van der Waals surface area contributed by atoms with E-state index in [1.54, 1.807) is 42.5 Å². The first-order valence-corrected chi connectivity index (χ1v) is 9.07. The number of benzene rings is 2. The Morgan fingerprint density at radius 3 is 2.57 bits per heavy atom. The zero-order chi connectivity index (χ0) is 19.5. The van der Waals surface area contributed by atoms with Gasteiger partial charge in [-0.15, -0.1) is 0 Å². The third-order valence-corrected chi connectivity index (χ3v) is 4.76. The van der Waals surface area contributed by atoms with Gasteiger partial charge in [0.25, 0.3) is 0 Å². The number of aryl methyl sites for hydroxylation is 1. The number of ether oxygens (including phenoxy) is 2. The Morgan fingerprint density at radius 2 is 1.75 bits per heavy atom. The van der Waals surface area contributed by atoms with Gasteiger partial charge in [0.05, 0.1) is 0 Å². The van der Waals surface area contributed by atoms with Crippen molar-refractivity contribution >= 4 is 22.7 Å². The lowest BCUT2D eigenvalue weighted by Gasteiger charge is -2.09. The van der Waals surface area contributed by atoms with E-state index in [0.717, 1.165) is 35.8 Å². The number of fused-ring (bicyclic) bond motifs is 3. The fraction of sp³-hybridized carbons (Fsp3) is 0.227. The van der Waals surface area contributed by atoms with Gasteiger partial charge in [0.15, 0.2) is 19.0 Å². The van der Waals surface area contributed by atoms with Crippen LogP contribution in [0.3, 0.4) is 0 Å². The van der Waals surface area contributed by atoms with Crippen molar-refractivity contribution in [3.05, 3.63) is 75.6 Å². The molecule has 0 aliphatic heterocycles. The summed E-state index contributed by atoms with van der Waals surface area (Å²) in [5.41, 5.74) is 2.41. The third kappa shape index (κ3) is 3.67. The van der Waals surface area contributed by atoms with E-state index < -0.39 is 5.97 Å². The summed E-state index contributed by atoms with van der Waals surface area (Å²) in [6.07, 6.45) is 2.56. The van der Waals surface area contributed by atoms with E-state index in [4.69, 9.17) is 13.9 Å². The van der Waals surface area contributed by atoms with Crippen LogP contribution in [0, 0.1) is 0 Å². The highest BCUT2D eigenvalue weighted by Gasteiger charge is 2.19. The standard InChI is InChI=1S/C22H18O6/c23-19(14-5-2-1-3-6-14)12-27-21(24)13-26-15-9-10-17-16-7-4-8-18(16)22(25)28-20(17)11-15/h1-3,5-6,9-11H,4,7-8,12-13H2. The van der Waals surface area contributed by atoms with E-state index in [1.807, 2.05) is 6.07 Å². The normalized spacial score (nSPS) is 12.6. The monoisotopic (exact) mass is 378 g/mol. The molecule has 0 unspecified atom stereocenters. The second-order valence-electron chi connectivity index (χ2n) is 6.60. The number of ketones is 1. The van der Waals surface area contributed by atoms with Gasteiger partial charge in [-0.1, -0.05) is 30.3 Å². The molecule has 2 aromatic carbocycles. The molecule has 0 atom stereocenters.